The van der Waals surface area contributed by atoms with Gasteiger partial charge in [0, 0.05) is 41.5 Å². The van der Waals surface area contributed by atoms with Crippen LogP contribution >= 0.6 is 0 Å². The Hall–Kier alpha value is -4.32. The molecule has 11 nitrogen and oxygen atoms in total. The molecular weight excluding hydrogens is 568 g/mol. The summed E-state index contributed by atoms with van der Waals surface area (Å²) in [6.07, 6.45) is 1.01. The maximum atomic E-state index is 13.6. The molecule has 4 rings (SSSR count). The predicted octanol–water partition coefficient (Wildman–Crippen LogP) is 3.99. The summed E-state index contributed by atoms with van der Waals surface area (Å²) >= 11 is 0. The highest BCUT2D eigenvalue weighted by molar-refractivity contribution is 7.90. The molecule has 0 saturated carbocycles. The summed E-state index contributed by atoms with van der Waals surface area (Å²) in [5.74, 6) is -1.13. The van der Waals surface area contributed by atoms with Crippen molar-refractivity contribution in [1.29, 1.82) is 0 Å². The topological polar surface area (TPSA) is 145 Å². The van der Waals surface area contributed by atoms with Gasteiger partial charge < -0.3 is 10.6 Å². The number of rotatable bonds is 8. The number of fused-ring (bicyclic) bond motifs is 1. The molecule has 0 spiro atoms. The van der Waals surface area contributed by atoms with Crippen LogP contribution in [0.2, 0.25) is 0 Å². The van der Waals surface area contributed by atoms with Crippen LogP contribution in [0, 0.1) is 20.8 Å². The monoisotopic (exact) mass is 606 g/mol. The van der Waals surface area contributed by atoms with Gasteiger partial charge in [-0.2, -0.15) is 14.3 Å². The van der Waals surface area contributed by atoms with Gasteiger partial charge in [0.1, 0.15) is 15.9 Å². The molecule has 43 heavy (non-hydrogen) atoms. The lowest BCUT2D eigenvalue weighted by Gasteiger charge is -2.21. The molecule has 2 aromatic heterocycles. The molecule has 0 bridgehead atoms. The van der Waals surface area contributed by atoms with E-state index in [4.69, 9.17) is 10.2 Å². The SMILES string of the molecule is CC(=O)NC(CCS(C)(=O)=O)C(=O)Nc1c(C)cc(C)c(-c2nn(C(=O)c3ccccc3)c3cc(C(C)(C)C)nn23)c1C. The fourth-order valence-electron chi connectivity index (χ4n) is 5.02. The smallest absolute Gasteiger partial charge is 0.280 e. The van der Waals surface area contributed by atoms with Crippen LogP contribution in [0.5, 0.6) is 0 Å². The molecule has 0 aliphatic heterocycles. The van der Waals surface area contributed by atoms with E-state index in [0.717, 1.165) is 23.1 Å². The van der Waals surface area contributed by atoms with Crippen LogP contribution in [0.4, 0.5) is 5.69 Å². The first-order valence-electron chi connectivity index (χ1n) is 13.9. The first kappa shape index (κ1) is 31.6. The normalized spacial score (nSPS) is 12.7. The average Bonchev–Trinajstić information content (AvgIpc) is 3.49. The number of carbonyl (C=O) groups is 3. The van der Waals surface area contributed by atoms with Crippen LogP contribution in [0.25, 0.3) is 17.0 Å². The summed E-state index contributed by atoms with van der Waals surface area (Å²) in [5, 5.41) is 15.1. The lowest BCUT2D eigenvalue weighted by atomic mass is 9.93. The van der Waals surface area contributed by atoms with Gasteiger partial charge in [-0.3, -0.25) is 14.4 Å². The Morgan fingerprint density at radius 1 is 0.977 bits per heavy atom. The van der Waals surface area contributed by atoms with Crippen molar-refractivity contribution in [3.63, 3.8) is 0 Å². The number of aryl methyl sites for hydroxylation is 2. The summed E-state index contributed by atoms with van der Waals surface area (Å²) in [4.78, 5) is 38.8. The highest BCUT2D eigenvalue weighted by Crippen LogP contribution is 2.35. The van der Waals surface area contributed by atoms with Gasteiger partial charge in [0.15, 0.2) is 11.5 Å². The summed E-state index contributed by atoms with van der Waals surface area (Å²) in [5.41, 5.74) is 4.94. The van der Waals surface area contributed by atoms with E-state index < -0.39 is 27.7 Å². The van der Waals surface area contributed by atoms with E-state index in [1.807, 2.05) is 59.7 Å². The third kappa shape index (κ3) is 6.85. The zero-order chi connectivity index (χ0) is 31.9. The Morgan fingerprint density at radius 2 is 1.63 bits per heavy atom. The number of benzene rings is 2. The van der Waals surface area contributed by atoms with E-state index in [1.165, 1.54) is 11.6 Å². The Labute approximate surface area is 251 Å². The van der Waals surface area contributed by atoms with Gasteiger partial charge in [0.25, 0.3) is 5.91 Å². The summed E-state index contributed by atoms with van der Waals surface area (Å²) < 4.78 is 26.6. The fraction of sp³-hybridized carbons (Fsp3) is 0.387. The van der Waals surface area contributed by atoms with E-state index >= 15 is 0 Å². The number of amides is 2. The molecule has 0 saturated heterocycles. The number of carbonyl (C=O) groups excluding carboxylic acids is 3. The van der Waals surface area contributed by atoms with E-state index in [1.54, 1.807) is 28.8 Å². The van der Waals surface area contributed by atoms with Crippen molar-refractivity contribution in [3.05, 3.63) is 70.4 Å². The summed E-state index contributed by atoms with van der Waals surface area (Å²) in [6.45, 7) is 13.0. The third-order valence-corrected chi connectivity index (χ3v) is 8.18. The number of hydrogen-bond donors (Lipinski definition) is 2. The number of sulfone groups is 1. The van der Waals surface area contributed by atoms with Crippen LogP contribution in [0.3, 0.4) is 0 Å². The Kier molecular flexibility index (Phi) is 8.64. The maximum absolute atomic E-state index is 13.6. The quantitative estimate of drug-likeness (QED) is 0.309. The zero-order valence-corrected chi connectivity index (χ0v) is 26.6. The average molecular weight is 607 g/mol. The molecule has 0 radical (unpaired) electrons. The van der Waals surface area contributed by atoms with Crippen molar-refractivity contribution in [2.24, 2.45) is 0 Å². The predicted molar refractivity (Wildman–Crippen MR) is 166 cm³/mol. The highest BCUT2D eigenvalue weighted by atomic mass is 32.2. The fourth-order valence-corrected chi connectivity index (χ4v) is 5.68. The van der Waals surface area contributed by atoms with Crippen molar-refractivity contribution in [2.75, 3.05) is 17.3 Å². The molecule has 0 aliphatic rings. The van der Waals surface area contributed by atoms with Gasteiger partial charge >= 0.3 is 0 Å². The van der Waals surface area contributed by atoms with Gasteiger partial charge in [-0.1, -0.05) is 45.0 Å². The second kappa shape index (κ2) is 11.8. The van der Waals surface area contributed by atoms with Crippen molar-refractivity contribution >= 4 is 38.9 Å². The number of nitrogens with one attached hydrogen (secondary N) is 2. The van der Waals surface area contributed by atoms with E-state index in [9.17, 15) is 22.8 Å². The lowest BCUT2D eigenvalue weighted by molar-refractivity contribution is -0.125. The Morgan fingerprint density at radius 3 is 2.21 bits per heavy atom. The van der Waals surface area contributed by atoms with Crippen LogP contribution in [0.15, 0.2) is 42.5 Å². The minimum atomic E-state index is -3.36. The van der Waals surface area contributed by atoms with Crippen LogP contribution in [-0.4, -0.2) is 63.6 Å². The first-order chi connectivity index (χ1) is 20.0. The molecule has 2 amide bonds. The highest BCUT2D eigenvalue weighted by Gasteiger charge is 2.28. The maximum Gasteiger partial charge on any atom is 0.280 e. The van der Waals surface area contributed by atoms with Gasteiger partial charge in [-0.05, 0) is 56.0 Å². The molecular formula is C31H38N6O5S. The number of anilines is 1. The zero-order valence-electron chi connectivity index (χ0n) is 25.8. The Balaban J connectivity index is 1.85. The molecule has 2 N–H and O–H groups in total. The van der Waals surface area contributed by atoms with Crippen molar-refractivity contribution in [1.82, 2.24) is 24.7 Å². The third-order valence-electron chi connectivity index (χ3n) is 7.20. The van der Waals surface area contributed by atoms with Crippen molar-refractivity contribution < 1.29 is 22.8 Å². The Bertz CT molecular complexity index is 1830. The van der Waals surface area contributed by atoms with Crippen LogP contribution in [-0.2, 0) is 24.8 Å². The minimum Gasteiger partial charge on any atom is -0.345 e. The van der Waals surface area contributed by atoms with Crippen molar-refractivity contribution in [2.45, 2.75) is 66.3 Å². The molecule has 228 valence electrons. The van der Waals surface area contributed by atoms with E-state index in [0.29, 0.717) is 33.8 Å². The molecule has 1 unspecified atom stereocenters. The number of aromatic nitrogens is 4. The van der Waals surface area contributed by atoms with Crippen LogP contribution < -0.4 is 10.6 Å². The van der Waals surface area contributed by atoms with Gasteiger partial charge in [-0.15, -0.1) is 5.10 Å². The second-order valence-electron chi connectivity index (χ2n) is 12.0. The summed E-state index contributed by atoms with van der Waals surface area (Å²) in [6, 6.07) is 11.6. The molecule has 0 aliphatic carbocycles. The standard InChI is InChI=1S/C31H38N6O5S/c1-18-16-19(2)27(33-29(39)23(32-21(4)38)14-15-43(8,41)42)20(3)26(18)28-35-37(30(40)22-12-10-9-11-13-22)25-17-24(31(5,6)7)34-36(25)28/h9-13,16-17,23H,14-15H2,1-8H3,(H,32,38)(H,33,39). The number of nitrogens with zero attached hydrogens (tertiary/aromatic N) is 4. The summed E-state index contributed by atoms with van der Waals surface area (Å²) in [7, 11) is -3.36. The van der Waals surface area contributed by atoms with E-state index in [2.05, 4.69) is 10.6 Å². The van der Waals surface area contributed by atoms with Crippen LogP contribution in [0.1, 0.15) is 66.9 Å². The molecule has 2 heterocycles. The van der Waals surface area contributed by atoms with Gasteiger partial charge in [-0.25, -0.2) is 8.42 Å². The van der Waals surface area contributed by atoms with E-state index in [-0.39, 0.29) is 23.5 Å². The molecule has 1 atom stereocenters. The minimum absolute atomic E-state index is 0.0729. The largest absolute Gasteiger partial charge is 0.345 e. The molecule has 2 aromatic carbocycles. The molecule has 0 fully saturated rings. The van der Waals surface area contributed by atoms with Gasteiger partial charge in [0.05, 0.1) is 11.4 Å². The first-order valence-corrected chi connectivity index (χ1v) is 16.0. The van der Waals surface area contributed by atoms with Crippen molar-refractivity contribution in [3.8, 4) is 11.4 Å². The second-order valence-corrected chi connectivity index (χ2v) is 14.3. The molecule has 4 aromatic rings. The molecule has 12 heteroatoms. The van der Waals surface area contributed by atoms with Gasteiger partial charge in [0.2, 0.25) is 11.8 Å². The number of hydrogen-bond acceptors (Lipinski definition) is 7. The lowest BCUT2D eigenvalue weighted by Crippen LogP contribution is -2.44.